The summed E-state index contributed by atoms with van der Waals surface area (Å²) in [5, 5.41) is 6.04. The van der Waals surface area contributed by atoms with Gasteiger partial charge in [-0.2, -0.15) is 0 Å². The number of urea groups is 1. The first-order chi connectivity index (χ1) is 23.4. The maximum atomic E-state index is 13.5. The molecule has 0 aromatic heterocycles. The zero-order valence-corrected chi connectivity index (χ0v) is 27.6. The maximum Gasteiger partial charge on any atom is 0.319 e. The minimum absolute atomic E-state index is 0.114. The van der Waals surface area contributed by atoms with Gasteiger partial charge >= 0.3 is 6.03 Å². The highest BCUT2D eigenvalue weighted by molar-refractivity contribution is 5.94. The van der Waals surface area contributed by atoms with Crippen LogP contribution < -0.4 is 26.2 Å². The van der Waals surface area contributed by atoms with Gasteiger partial charge in [-0.3, -0.25) is 4.79 Å². The van der Waals surface area contributed by atoms with E-state index in [1.807, 2.05) is 48.2 Å². The monoisotopic (exact) mass is 648 g/mol. The molecule has 1 saturated carbocycles. The second-order valence-corrected chi connectivity index (χ2v) is 12.8. The largest absolute Gasteiger partial charge is 0.368 e. The summed E-state index contributed by atoms with van der Waals surface area (Å²) in [4.78, 5) is 32.8. The van der Waals surface area contributed by atoms with Gasteiger partial charge < -0.3 is 31.1 Å². The van der Waals surface area contributed by atoms with Crippen LogP contribution in [-0.4, -0.2) is 49.6 Å². The van der Waals surface area contributed by atoms with E-state index in [1.165, 1.54) is 12.1 Å². The van der Waals surface area contributed by atoms with Crippen molar-refractivity contribution >= 4 is 29.0 Å². The highest BCUT2D eigenvalue weighted by Gasteiger charge is 2.33. The quantitative estimate of drug-likeness (QED) is 0.158. The Bertz CT molecular complexity index is 1720. The predicted octanol–water partition coefficient (Wildman–Crippen LogP) is 6.75. The Kier molecular flexibility index (Phi) is 10.6. The number of anilines is 3. The van der Waals surface area contributed by atoms with Crippen LogP contribution in [0.5, 0.6) is 0 Å². The van der Waals surface area contributed by atoms with Crippen molar-refractivity contribution in [3.8, 4) is 11.1 Å². The van der Waals surface area contributed by atoms with Gasteiger partial charge in [0.15, 0.2) is 0 Å². The number of nitrogens with zero attached hydrogens (tertiary/aromatic N) is 3. The molecular weight excluding hydrogens is 603 g/mol. The minimum atomic E-state index is -0.238. The van der Waals surface area contributed by atoms with E-state index in [1.54, 1.807) is 0 Å². The van der Waals surface area contributed by atoms with Crippen LogP contribution in [0.25, 0.3) is 11.1 Å². The minimum Gasteiger partial charge on any atom is -0.368 e. The number of halogens is 1. The molecule has 48 heavy (non-hydrogen) atoms. The average Bonchev–Trinajstić information content (AvgIpc) is 3.97. The van der Waals surface area contributed by atoms with E-state index in [-0.39, 0.29) is 23.7 Å². The highest BCUT2D eigenvalue weighted by atomic mass is 19.1. The Labute approximate surface area is 282 Å². The van der Waals surface area contributed by atoms with E-state index < -0.39 is 0 Å². The van der Waals surface area contributed by atoms with Crippen LogP contribution >= 0.6 is 0 Å². The molecule has 1 aliphatic carbocycles. The molecule has 1 saturated heterocycles. The molecule has 0 atom stereocenters. The zero-order chi connectivity index (χ0) is 33.5. The zero-order valence-electron chi connectivity index (χ0n) is 27.6. The van der Waals surface area contributed by atoms with Gasteiger partial charge in [0.25, 0.3) is 0 Å². The third kappa shape index (κ3) is 8.33. The first-order valence-electron chi connectivity index (χ1n) is 17.0. The Morgan fingerprint density at radius 1 is 0.812 bits per heavy atom. The van der Waals surface area contributed by atoms with Gasteiger partial charge in [-0.05, 0) is 89.5 Å². The second-order valence-electron chi connectivity index (χ2n) is 12.8. The number of nitrogens with one attached hydrogen (secondary N) is 2. The fourth-order valence-electron chi connectivity index (χ4n) is 6.30. The lowest BCUT2D eigenvalue weighted by Crippen LogP contribution is -2.46. The van der Waals surface area contributed by atoms with Crippen molar-refractivity contribution < 1.29 is 14.0 Å². The molecule has 0 spiro atoms. The number of rotatable bonds is 12. The van der Waals surface area contributed by atoms with Crippen molar-refractivity contribution in [1.82, 2.24) is 10.2 Å². The maximum absolute atomic E-state index is 13.5. The third-order valence-electron chi connectivity index (χ3n) is 9.06. The standard InChI is InChI=1S/C39H45FN6O2/c1-2-17-42-39(48)43-36-24-33(11-16-37(36)45-20-18-44(19-21-45)35-14-12-34(40)13-15-35)32-8-4-7-30(23-32)27-46(38(47)31-9-10-31)26-29-6-3-5-28(22-29)25-41/h3-8,11-16,22-24,31H,2,9-10,17-21,25-27,41H2,1H3,(H2,42,43,48). The summed E-state index contributed by atoms with van der Waals surface area (Å²) in [5.41, 5.74) is 13.8. The van der Waals surface area contributed by atoms with Crippen LogP contribution in [0.2, 0.25) is 0 Å². The lowest BCUT2D eigenvalue weighted by atomic mass is 10.0. The van der Waals surface area contributed by atoms with Gasteiger partial charge in [-0.25, -0.2) is 9.18 Å². The van der Waals surface area contributed by atoms with Crippen molar-refractivity contribution in [2.45, 2.75) is 45.8 Å². The van der Waals surface area contributed by atoms with Gasteiger partial charge in [0.2, 0.25) is 5.91 Å². The summed E-state index contributed by atoms with van der Waals surface area (Å²) in [6, 6.07) is 29.1. The van der Waals surface area contributed by atoms with Crippen molar-refractivity contribution in [2.24, 2.45) is 11.7 Å². The van der Waals surface area contributed by atoms with Gasteiger partial charge in [0.05, 0.1) is 11.4 Å². The van der Waals surface area contributed by atoms with Crippen LogP contribution in [0.4, 0.5) is 26.2 Å². The molecule has 4 aromatic carbocycles. The highest BCUT2D eigenvalue weighted by Crippen LogP contribution is 2.35. The van der Waals surface area contributed by atoms with Crippen LogP contribution in [0.15, 0.2) is 91.0 Å². The molecule has 6 rings (SSSR count). The van der Waals surface area contributed by atoms with Crippen LogP contribution in [-0.2, 0) is 24.4 Å². The third-order valence-corrected chi connectivity index (χ3v) is 9.06. The number of nitrogens with two attached hydrogens (primary N) is 1. The Balaban J connectivity index is 1.22. The van der Waals surface area contributed by atoms with Crippen LogP contribution in [0, 0.1) is 11.7 Å². The molecule has 8 nitrogen and oxygen atoms in total. The molecule has 4 N–H and O–H groups in total. The van der Waals surface area contributed by atoms with Gasteiger partial charge in [0.1, 0.15) is 5.82 Å². The molecule has 2 aliphatic rings. The predicted molar refractivity (Wildman–Crippen MR) is 191 cm³/mol. The van der Waals surface area contributed by atoms with E-state index in [0.717, 1.165) is 90.3 Å². The molecule has 0 unspecified atom stereocenters. The summed E-state index contributed by atoms with van der Waals surface area (Å²) in [7, 11) is 0. The summed E-state index contributed by atoms with van der Waals surface area (Å²) in [5.74, 6) is 0.0771. The lowest BCUT2D eigenvalue weighted by molar-refractivity contribution is -0.133. The average molecular weight is 649 g/mol. The molecule has 1 heterocycles. The van der Waals surface area contributed by atoms with Gasteiger partial charge in [-0.1, -0.05) is 55.5 Å². The topological polar surface area (TPSA) is 93.9 Å². The first-order valence-corrected chi connectivity index (χ1v) is 17.0. The summed E-state index contributed by atoms with van der Waals surface area (Å²) >= 11 is 0. The Morgan fingerprint density at radius 3 is 2.15 bits per heavy atom. The van der Waals surface area contributed by atoms with E-state index in [9.17, 15) is 14.0 Å². The summed E-state index contributed by atoms with van der Waals surface area (Å²) in [6.45, 7) is 7.21. The van der Waals surface area contributed by atoms with Crippen LogP contribution in [0.1, 0.15) is 42.9 Å². The molecule has 2 fully saturated rings. The number of amides is 3. The Morgan fingerprint density at radius 2 is 1.46 bits per heavy atom. The fourth-order valence-corrected chi connectivity index (χ4v) is 6.30. The molecule has 4 aromatic rings. The number of hydrogen-bond donors (Lipinski definition) is 3. The molecule has 0 bridgehead atoms. The van der Waals surface area contributed by atoms with Gasteiger partial charge in [0, 0.05) is 64.0 Å². The van der Waals surface area contributed by atoms with Crippen molar-refractivity contribution in [2.75, 3.05) is 47.8 Å². The van der Waals surface area contributed by atoms with E-state index >= 15 is 0 Å². The summed E-state index contributed by atoms with van der Waals surface area (Å²) in [6.07, 6.45) is 2.75. The lowest BCUT2D eigenvalue weighted by Gasteiger charge is -2.38. The van der Waals surface area contributed by atoms with E-state index in [0.29, 0.717) is 26.2 Å². The summed E-state index contributed by atoms with van der Waals surface area (Å²) < 4.78 is 13.5. The molecule has 3 amide bonds. The normalized spacial score (nSPS) is 14.5. The molecule has 1 aliphatic heterocycles. The van der Waals surface area contributed by atoms with Crippen molar-refractivity contribution in [3.05, 3.63) is 114 Å². The number of hydrogen-bond acceptors (Lipinski definition) is 5. The van der Waals surface area contributed by atoms with E-state index in [4.69, 9.17) is 5.73 Å². The number of carbonyl (C=O) groups excluding carboxylic acids is 2. The fraction of sp³-hybridized carbons (Fsp3) is 0.333. The SMILES string of the molecule is CCCNC(=O)Nc1cc(-c2cccc(CN(Cc3cccc(CN)c3)C(=O)C3CC3)c2)ccc1N1CCN(c2ccc(F)cc2)CC1. The van der Waals surface area contributed by atoms with Gasteiger partial charge in [-0.15, -0.1) is 0 Å². The smallest absolute Gasteiger partial charge is 0.319 e. The van der Waals surface area contributed by atoms with E-state index in [2.05, 4.69) is 62.9 Å². The number of piperazine rings is 1. The van der Waals surface area contributed by atoms with Crippen LogP contribution in [0.3, 0.4) is 0 Å². The number of carbonyl (C=O) groups is 2. The van der Waals surface area contributed by atoms with Crippen molar-refractivity contribution in [3.63, 3.8) is 0 Å². The first kappa shape index (κ1) is 33.0. The molecule has 9 heteroatoms. The molecular formula is C39H45FN6O2. The molecule has 250 valence electrons. The number of benzene rings is 4. The van der Waals surface area contributed by atoms with Crippen molar-refractivity contribution in [1.29, 1.82) is 0 Å². The second kappa shape index (κ2) is 15.3. The Hall–Kier alpha value is -4.89. The molecule has 0 radical (unpaired) electrons.